The molecule has 0 aromatic carbocycles. The van der Waals surface area contributed by atoms with Crippen molar-refractivity contribution >= 4 is 11.9 Å². The smallest absolute Gasteiger partial charge is 0.306 e. The van der Waals surface area contributed by atoms with Crippen molar-refractivity contribution in [2.45, 2.75) is 6.42 Å². The Morgan fingerprint density at radius 2 is 2.08 bits per heavy atom. The van der Waals surface area contributed by atoms with Gasteiger partial charge in [-0.2, -0.15) is 0 Å². The molecule has 13 heavy (non-hydrogen) atoms. The second-order valence-electron chi connectivity index (χ2n) is 2.74. The van der Waals surface area contributed by atoms with Gasteiger partial charge >= 0.3 is 5.97 Å². The van der Waals surface area contributed by atoms with E-state index >= 15 is 0 Å². The predicted octanol–water partition coefficient (Wildman–Crippen LogP) is -0.773. The van der Waals surface area contributed by atoms with Crippen LogP contribution in [0.25, 0.3) is 0 Å². The molecule has 1 amide bonds. The predicted molar refractivity (Wildman–Crippen MR) is 48.2 cm³/mol. The molecule has 0 aliphatic rings. The summed E-state index contributed by atoms with van der Waals surface area (Å²) in [5.41, 5.74) is 0. The molecule has 0 radical (unpaired) electrons. The van der Waals surface area contributed by atoms with E-state index in [0.717, 1.165) is 0 Å². The van der Waals surface area contributed by atoms with Crippen LogP contribution in [0.15, 0.2) is 0 Å². The lowest BCUT2D eigenvalue weighted by molar-refractivity contribution is -0.141. The number of nitrogens with zero attached hydrogens (tertiary/aromatic N) is 1. The van der Waals surface area contributed by atoms with Gasteiger partial charge in [-0.3, -0.25) is 14.5 Å². The van der Waals surface area contributed by atoms with Crippen molar-refractivity contribution in [3.63, 3.8) is 0 Å². The van der Waals surface area contributed by atoms with E-state index in [1.807, 2.05) is 0 Å². The number of likely N-dealkylation sites (N-methyl/N-ethyl adjacent to an activating group) is 2. The highest BCUT2D eigenvalue weighted by molar-refractivity contribution is 5.77. The minimum Gasteiger partial charge on any atom is -0.469 e. The average molecular weight is 188 g/mol. The molecule has 0 rings (SSSR count). The topological polar surface area (TPSA) is 58.6 Å². The molecule has 0 aromatic rings. The van der Waals surface area contributed by atoms with E-state index in [1.54, 1.807) is 19.0 Å². The number of nitrogens with one attached hydrogen (secondary N) is 1. The highest BCUT2D eigenvalue weighted by Gasteiger charge is 2.06. The summed E-state index contributed by atoms with van der Waals surface area (Å²) in [5.74, 6) is -0.323. The molecule has 0 saturated carbocycles. The van der Waals surface area contributed by atoms with Crippen LogP contribution in [-0.4, -0.2) is 51.1 Å². The standard InChI is InChI=1S/C8H16N2O3/c1-9-7(11)6-10(2)5-4-8(12)13-3/h4-6H2,1-3H3,(H,9,11). The van der Waals surface area contributed by atoms with E-state index in [0.29, 0.717) is 19.5 Å². The van der Waals surface area contributed by atoms with Crippen LogP contribution in [0.4, 0.5) is 0 Å². The largest absolute Gasteiger partial charge is 0.469 e. The molecule has 0 unspecified atom stereocenters. The number of ether oxygens (including phenoxy) is 1. The summed E-state index contributed by atoms with van der Waals surface area (Å²) in [5, 5.41) is 2.50. The zero-order valence-corrected chi connectivity index (χ0v) is 8.29. The number of carbonyl (C=O) groups is 2. The van der Waals surface area contributed by atoms with E-state index in [-0.39, 0.29) is 11.9 Å². The number of carbonyl (C=O) groups excluding carboxylic acids is 2. The Hall–Kier alpha value is -1.10. The first-order chi connectivity index (χ1) is 6.10. The minimum atomic E-state index is -0.260. The monoisotopic (exact) mass is 188 g/mol. The van der Waals surface area contributed by atoms with Crippen LogP contribution < -0.4 is 5.32 Å². The third-order valence-electron chi connectivity index (χ3n) is 1.62. The van der Waals surface area contributed by atoms with Crippen molar-refractivity contribution in [1.82, 2.24) is 10.2 Å². The van der Waals surface area contributed by atoms with Gasteiger partial charge in [0.05, 0.1) is 20.1 Å². The summed E-state index contributed by atoms with van der Waals surface area (Å²) < 4.78 is 4.47. The number of rotatable bonds is 5. The van der Waals surface area contributed by atoms with Crippen LogP contribution in [0.3, 0.4) is 0 Å². The summed E-state index contributed by atoms with van der Waals surface area (Å²) in [7, 11) is 4.70. The van der Waals surface area contributed by atoms with Crippen LogP contribution in [0.1, 0.15) is 6.42 Å². The van der Waals surface area contributed by atoms with Crippen LogP contribution in [-0.2, 0) is 14.3 Å². The van der Waals surface area contributed by atoms with Gasteiger partial charge in [-0.25, -0.2) is 0 Å². The minimum absolute atomic E-state index is 0.0626. The van der Waals surface area contributed by atoms with Gasteiger partial charge in [0.2, 0.25) is 5.91 Å². The van der Waals surface area contributed by atoms with Gasteiger partial charge in [-0.05, 0) is 7.05 Å². The molecule has 76 valence electrons. The quantitative estimate of drug-likeness (QED) is 0.575. The van der Waals surface area contributed by atoms with E-state index in [1.165, 1.54) is 7.11 Å². The first-order valence-corrected chi connectivity index (χ1v) is 4.06. The lowest BCUT2D eigenvalue weighted by Gasteiger charge is -2.13. The molecule has 0 aliphatic heterocycles. The third kappa shape index (κ3) is 6.10. The second-order valence-corrected chi connectivity index (χ2v) is 2.74. The lowest BCUT2D eigenvalue weighted by Crippen LogP contribution is -2.34. The molecule has 1 N–H and O–H groups in total. The van der Waals surface area contributed by atoms with Gasteiger partial charge in [0.15, 0.2) is 0 Å². The molecule has 0 bridgehead atoms. The molecule has 0 aliphatic carbocycles. The van der Waals surface area contributed by atoms with Gasteiger partial charge < -0.3 is 10.1 Å². The molecule has 0 saturated heterocycles. The van der Waals surface area contributed by atoms with Crippen molar-refractivity contribution in [2.24, 2.45) is 0 Å². The Kier molecular flexibility index (Phi) is 5.88. The molecule has 0 spiro atoms. The van der Waals surface area contributed by atoms with Crippen molar-refractivity contribution < 1.29 is 14.3 Å². The zero-order chi connectivity index (χ0) is 10.3. The van der Waals surface area contributed by atoms with Crippen LogP contribution in [0.2, 0.25) is 0 Å². The van der Waals surface area contributed by atoms with Crippen molar-refractivity contribution in [3.8, 4) is 0 Å². The van der Waals surface area contributed by atoms with Crippen LogP contribution in [0, 0.1) is 0 Å². The Balaban J connectivity index is 3.56. The van der Waals surface area contributed by atoms with E-state index in [2.05, 4.69) is 10.1 Å². The third-order valence-corrected chi connectivity index (χ3v) is 1.62. The Morgan fingerprint density at radius 3 is 2.54 bits per heavy atom. The Labute approximate surface area is 78.0 Å². The molecular formula is C8H16N2O3. The normalized spacial score (nSPS) is 9.85. The summed E-state index contributed by atoms with van der Waals surface area (Å²) in [6.45, 7) is 0.827. The Bertz CT molecular complexity index is 182. The van der Waals surface area contributed by atoms with E-state index in [4.69, 9.17) is 0 Å². The highest BCUT2D eigenvalue weighted by Crippen LogP contribution is 1.89. The van der Waals surface area contributed by atoms with Crippen molar-refractivity contribution in [2.75, 3.05) is 34.3 Å². The van der Waals surface area contributed by atoms with Gasteiger partial charge in [-0.15, -0.1) is 0 Å². The first-order valence-electron chi connectivity index (χ1n) is 4.06. The number of amides is 1. The molecule has 5 heteroatoms. The molecule has 0 aromatic heterocycles. The average Bonchev–Trinajstić information content (AvgIpc) is 2.13. The second kappa shape index (κ2) is 6.42. The maximum atomic E-state index is 10.9. The van der Waals surface area contributed by atoms with Crippen LogP contribution in [0.5, 0.6) is 0 Å². The molecule has 0 fully saturated rings. The number of esters is 1. The summed E-state index contributed by atoms with van der Waals surface area (Å²) >= 11 is 0. The number of hydrogen-bond acceptors (Lipinski definition) is 4. The van der Waals surface area contributed by atoms with Gasteiger partial charge in [0, 0.05) is 13.6 Å². The maximum Gasteiger partial charge on any atom is 0.306 e. The summed E-state index contributed by atoms with van der Waals surface area (Å²) in [6, 6.07) is 0. The SMILES string of the molecule is CNC(=O)CN(C)CCC(=O)OC. The van der Waals surface area contributed by atoms with E-state index < -0.39 is 0 Å². The molecule has 0 heterocycles. The zero-order valence-electron chi connectivity index (χ0n) is 8.29. The lowest BCUT2D eigenvalue weighted by atomic mass is 10.4. The highest BCUT2D eigenvalue weighted by atomic mass is 16.5. The summed E-state index contributed by atoms with van der Waals surface area (Å²) in [4.78, 5) is 23.3. The number of methoxy groups -OCH3 is 1. The number of hydrogen-bond donors (Lipinski definition) is 1. The molecule has 0 atom stereocenters. The molecular weight excluding hydrogens is 172 g/mol. The maximum absolute atomic E-state index is 10.9. The first kappa shape index (κ1) is 11.9. The van der Waals surface area contributed by atoms with Crippen molar-refractivity contribution in [3.05, 3.63) is 0 Å². The van der Waals surface area contributed by atoms with Crippen LogP contribution >= 0.6 is 0 Å². The van der Waals surface area contributed by atoms with E-state index in [9.17, 15) is 9.59 Å². The van der Waals surface area contributed by atoms with Gasteiger partial charge in [0.25, 0.3) is 0 Å². The fourth-order valence-electron chi connectivity index (χ4n) is 0.787. The van der Waals surface area contributed by atoms with Gasteiger partial charge in [-0.1, -0.05) is 0 Å². The molecule has 5 nitrogen and oxygen atoms in total. The fourth-order valence-corrected chi connectivity index (χ4v) is 0.787. The fraction of sp³-hybridized carbons (Fsp3) is 0.750. The Morgan fingerprint density at radius 1 is 1.46 bits per heavy atom. The van der Waals surface area contributed by atoms with Gasteiger partial charge in [0.1, 0.15) is 0 Å². The van der Waals surface area contributed by atoms with Crippen molar-refractivity contribution in [1.29, 1.82) is 0 Å². The summed E-state index contributed by atoms with van der Waals surface area (Å²) in [6.07, 6.45) is 0.310.